The Morgan fingerprint density at radius 3 is 2.35 bits per heavy atom. The van der Waals surface area contributed by atoms with Crippen LogP contribution in [0.25, 0.3) is 0 Å². The van der Waals surface area contributed by atoms with E-state index in [4.69, 9.17) is 16.7 Å². The number of carboxylic acid groups (broad SMARTS) is 1. The van der Waals surface area contributed by atoms with Gasteiger partial charge in [-0.05, 0) is 17.7 Å². The number of nitrogens with one attached hydrogen (secondary N) is 1. The number of hydrogen-bond acceptors (Lipinski definition) is 2. The van der Waals surface area contributed by atoms with Gasteiger partial charge in [0.05, 0.1) is 6.42 Å². The Kier molecular flexibility index (Phi) is 4.97. The van der Waals surface area contributed by atoms with E-state index in [9.17, 15) is 9.59 Å². The van der Waals surface area contributed by atoms with Crippen LogP contribution < -0.4 is 5.32 Å². The van der Waals surface area contributed by atoms with Gasteiger partial charge in [-0.15, -0.1) is 0 Å². The maximum atomic E-state index is 11.3. The van der Waals surface area contributed by atoms with Crippen molar-refractivity contribution in [2.45, 2.75) is 18.8 Å². The molecule has 0 aliphatic rings. The molecule has 0 saturated carbocycles. The van der Waals surface area contributed by atoms with E-state index in [1.54, 1.807) is 24.3 Å². The lowest BCUT2D eigenvalue weighted by Crippen LogP contribution is -2.21. The predicted molar refractivity (Wildman–Crippen MR) is 65.1 cm³/mol. The Balaban J connectivity index is 2.85. The highest BCUT2D eigenvalue weighted by Gasteiger charge is 2.18. The first kappa shape index (κ1) is 13.5. The summed E-state index contributed by atoms with van der Waals surface area (Å²) >= 11 is 5.76. The number of halogens is 1. The summed E-state index contributed by atoms with van der Waals surface area (Å²) in [6.45, 7) is 0. The SMILES string of the molecule is CNC(=O)CC(CC(=O)O)c1ccc(Cl)cc1. The number of amides is 1. The van der Waals surface area contributed by atoms with Gasteiger partial charge in [-0.25, -0.2) is 0 Å². The van der Waals surface area contributed by atoms with Crippen LogP contribution in [-0.4, -0.2) is 24.0 Å². The molecule has 1 aromatic carbocycles. The average Bonchev–Trinajstić information content (AvgIpc) is 2.28. The van der Waals surface area contributed by atoms with E-state index in [0.717, 1.165) is 5.56 Å². The van der Waals surface area contributed by atoms with E-state index in [0.29, 0.717) is 5.02 Å². The predicted octanol–water partition coefficient (Wildman–Crippen LogP) is 2.03. The minimum atomic E-state index is -0.922. The van der Waals surface area contributed by atoms with Gasteiger partial charge in [-0.3, -0.25) is 9.59 Å². The summed E-state index contributed by atoms with van der Waals surface area (Å²) < 4.78 is 0. The number of rotatable bonds is 5. The highest BCUT2D eigenvalue weighted by atomic mass is 35.5. The van der Waals surface area contributed by atoms with Crippen LogP contribution in [0.15, 0.2) is 24.3 Å². The summed E-state index contributed by atoms with van der Waals surface area (Å²) in [5, 5.41) is 11.9. The molecule has 1 rings (SSSR count). The summed E-state index contributed by atoms with van der Waals surface area (Å²) in [6.07, 6.45) is 0.0828. The summed E-state index contributed by atoms with van der Waals surface area (Å²) in [4.78, 5) is 22.1. The van der Waals surface area contributed by atoms with E-state index < -0.39 is 5.97 Å². The Morgan fingerprint density at radius 2 is 1.88 bits per heavy atom. The monoisotopic (exact) mass is 255 g/mol. The van der Waals surface area contributed by atoms with Crippen LogP contribution in [0.3, 0.4) is 0 Å². The third-order valence-electron chi connectivity index (χ3n) is 2.47. The molecular weight excluding hydrogens is 242 g/mol. The van der Waals surface area contributed by atoms with Crippen LogP contribution >= 0.6 is 11.6 Å². The molecule has 0 heterocycles. The molecule has 0 aliphatic heterocycles. The first-order valence-corrected chi connectivity index (χ1v) is 5.58. The molecule has 0 aromatic heterocycles. The molecule has 0 radical (unpaired) electrons. The van der Waals surface area contributed by atoms with Crippen molar-refractivity contribution in [2.24, 2.45) is 0 Å². The van der Waals surface area contributed by atoms with Crippen molar-refractivity contribution in [1.82, 2.24) is 5.32 Å². The molecule has 0 aliphatic carbocycles. The van der Waals surface area contributed by atoms with Crippen LogP contribution in [0.5, 0.6) is 0 Å². The topological polar surface area (TPSA) is 66.4 Å². The van der Waals surface area contributed by atoms with Crippen molar-refractivity contribution >= 4 is 23.5 Å². The minimum Gasteiger partial charge on any atom is -0.481 e. The van der Waals surface area contributed by atoms with E-state index >= 15 is 0 Å². The zero-order valence-electron chi connectivity index (χ0n) is 9.44. The van der Waals surface area contributed by atoms with Crippen molar-refractivity contribution in [3.05, 3.63) is 34.9 Å². The zero-order valence-corrected chi connectivity index (χ0v) is 10.2. The largest absolute Gasteiger partial charge is 0.481 e. The Labute approximate surface area is 105 Å². The van der Waals surface area contributed by atoms with Crippen molar-refractivity contribution in [3.8, 4) is 0 Å². The first-order chi connectivity index (χ1) is 8.02. The number of carbonyl (C=O) groups excluding carboxylic acids is 1. The molecule has 0 fully saturated rings. The third-order valence-corrected chi connectivity index (χ3v) is 2.73. The molecular formula is C12H14ClNO3. The lowest BCUT2D eigenvalue weighted by atomic mass is 9.92. The Hall–Kier alpha value is -1.55. The Bertz CT molecular complexity index is 403. The second kappa shape index (κ2) is 6.25. The molecule has 4 nitrogen and oxygen atoms in total. The van der Waals surface area contributed by atoms with Crippen molar-refractivity contribution in [1.29, 1.82) is 0 Å². The van der Waals surface area contributed by atoms with Crippen LogP contribution in [0.4, 0.5) is 0 Å². The van der Waals surface area contributed by atoms with Crippen molar-refractivity contribution in [3.63, 3.8) is 0 Å². The number of benzene rings is 1. The van der Waals surface area contributed by atoms with Gasteiger partial charge in [0, 0.05) is 24.4 Å². The average molecular weight is 256 g/mol. The number of carboxylic acids is 1. The molecule has 0 bridgehead atoms. The van der Waals surface area contributed by atoms with E-state index in [-0.39, 0.29) is 24.7 Å². The molecule has 0 spiro atoms. The second-order valence-corrected chi connectivity index (χ2v) is 4.16. The molecule has 1 amide bonds. The van der Waals surface area contributed by atoms with Crippen LogP contribution in [-0.2, 0) is 9.59 Å². The zero-order chi connectivity index (χ0) is 12.8. The summed E-state index contributed by atoms with van der Waals surface area (Å²) in [7, 11) is 1.53. The van der Waals surface area contributed by atoms with Gasteiger partial charge in [-0.2, -0.15) is 0 Å². The molecule has 0 saturated heterocycles. The maximum Gasteiger partial charge on any atom is 0.303 e. The standard InChI is InChI=1S/C12H14ClNO3/c1-14-11(15)6-9(7-12(16)17)8-2-4-10(13)5-3-8/h2-5,9H,6-7H2,1H3,(H,14,15)(H,16,17). The fourth-order valence-electron chi connectivity index (χ4n) is 1.58. The van der Waals surface area contributed by atoms with E-state index in [1.807, 2.05) is 0 Å². The number of hydrogen-bond donors (Lipinski definition) is 2. The van der Waals surface area contributed by atoms with Crippen LogP contribution in [0.1, 0.15) is 24.3 Å². The highest BCUT2D eigenvalue weighted by Crippen LogP contribution is 2.24. The normalized spacial score (nSPS) is 11.9. The van der Waals surface area contributed by atoms with Crippen molar-refractivity contribution in [2.75, 3.05) is 7.05 Å². The first-order valence-electron chi connectivity index (χ1n) is 5.20. The fraction of sp³-hybridized carbons (Fsp3) is 0.333. The molecule has 1 atom stereocenters. The van der Waals surface area contributed by atoms with Gasteiger partial charge >= 0.3 is 5.97 Å². The molecule has 1 unspecified atom stereocenters. The van der Waals surface area contributed by atoms with Gasteiger partial charge in [0.15, 0.2) is 0 Å². The fourth-order valence-corrected chi connectivity index (χ4v) is 1.71. The van der Waals surface area contributed by atoms with Gasteiger partial charge < -0.3 is 10.4 Å². The lowest BCUT2D eigenvalue weighted by Gasteiger charge is -2.14. The molecule has 1 aromatic rings. The molecule has 2 N–H and O–H groups in total. The minimum absolute atomic E-state index is 0.0744. The smallest absolute Gasteiger partial charge is 0.303 e. The summed E-state index contributed by atoms with van der Waals surface area (Å²) in [5.74, 6) is -1.43. The molecule has 92 valence electrons. The van der Waals surface area contributed by atoms with Gasteiger partial charge in [-0.1, -0.05) is 23.7 Å². The van der Waals surface area contributed by atoms with Gasteiger partial charge in [0.25, 0.3) is 0 Å². The third kappa shape index (κ3) is 4.44. The Morgan fingerprint density at radius 1 is 1.29 bits per heavy atom. The van der Waals surface area contributed by atoms with Gasteiger partial charge in [0.2, 0.25) is 5.91 Å². The van der Waals surface area contributed by atoms with Gasteiger partial charge in [0.1, 0.15) is 0 Å². The lowest BCUT2D eigenvalue weighted by molar-refractivity contribution is -0.137. The quantitative estimate of drug-likeness (QED) is 0.846. The second-order valence-electron chi connectivity index (χ2n) is 3.72. The number of carbonyl (C=O) groups is 2. The highest BCUT2D eigenvalue weighted by molar-refractivity contribution is 6.30. The van der Waals surface area contributed by atoms with E-state index in [1.165, 1.54) is 7.05 Å². The maximum absolute atomic E-state index is 11.3. The van der Waals surface area contributed by atoms with E-state index in [2.05, 4.69) is 5.32 Å². The van der Waals surface area contributed by atoms with Crippen LogP contribution in [0, 0.1) is 0 Å². The summed E-state index contributed by atoms with van der Waals surface area (Å²) in [5.41, 5.74) is 0.806. The number of aliphatic carboxylic acids is 1. The van der Waals surface area contributed by atoms with Crippen LogP contribution in [0.2, 0.25) is 5.02 Å². The summed E-state index contributed by atoms with van der Waals surface area (Å²) in [6, 6.07) is 6.88. The molecule has 5 heteroatoms. The molecule has 17 heavy (non-hydrogen) atoms. The van der Waals surface area contributed by atoms with Crippen molar-refractivity contribution < 1.29 is 14.7 Å².